The number of halogens is 3. The summed E-state index contributed by atoms with van der Waals surface area (Å²) in [6.07, 6.45) is 3.30. The minimum absolute atomic E-state index is 0.0845. The topological polar surface area (TPSA) is 118 Å². The highest BCUT2D eigenvalue weighted by Gasteiger charge is 2.21. The fraction of sp³-hybridized carbons (Fsp3) is 0.233. The van der Waals surface area contributed by atoms with Gasteiger partial charge in [0.05, 0.1) is 0 Å². The lowest BCUT2D eigenvalue weighted by atomic mass is 10.00. The standard InChI is InChI=1S/C30H27ClF2N6O4/c1-17-8-11-38(12-9-17)30(42)36-26-16-21(7-10-34-26)43-25-6-4-20(15-23(25)33)35-29(41)28-18(2)13-27(40)39(37-28)24-14-19(31)3-5-22(24)32/h3-7,10,13-17H,8-9,11-12H2,1-2H3,(H,35,41)(H,34,36,42). The van der Waals surface area contributed by atoms with E-state index in [0.717, 1.165) is 35.7 Å². The summed E-state index contributed by atoms with van der Waals surface area (Å²) in [6.45, 7) is 4.98. The maximum atomic E-state index is 15.0. The van der Waals surface area contributed by atoms with Crippen LogP contribution in [0.25, 0.3) is 5.69 Å². The van der Waals surface area contributed by atoms with Gasteiger partial charge in [0.25, 0.3) is 11.5 Å². The molecule has 0 atom stereocenters. The second-order valence-electron chi connectivity index (χ2n) is 10.2. The molecule has 5 rings (SSSR count). The summed E-state index contributed by atoms with van der Waals surface area (Å²) in [4.78, 5) is 44.0. The van der Waals surface area contributed by atoms with Crippen molar-refractivity contribution in [3.63, 3.8) is 0 Å². The van der Waals surface area contributed by atoms with Crippen molar-refractivity contribution in [1.29, 1.82) is 0 Å². The number of hydrogen-bond donors (Lipinski definition) is 2. The predicted octanol–water partition coefficient (Wildman–Crippen LogP) is 6.18. The highest BCUT2D eigenvalue weighted by Crippen LogP contribution is 2.28. The van der Waals surface area contributed by atoms with Crippen LogP contribution in [0.15, 0.2) is 65.6 Å². The van der Waals surface area contributed by atoms with Crippen LogP contribution in [0.4, 0.5) is 25.1 Å². The van der Waals surface area contributed by atoms with E-state index in [-0.39, 0.29) is 51.0 Å². The number of carbonyl (C=O) groups is 2. The number of nitrogens with one attached hydrogen (secondary N) is 2. The van der Waals surface area contributed by atoms with Crippen LogP contribution in [0.2, 0.25) is 5.02 Å². The van der Waals surface area contributed by atoms with Gasteiger partial charge < -0.3 is 15.0 Å². The molecule has 222 valence electrons. The van der Waals surface area contributed by atoms with Crippen molar-refractivity contribution in [1.82, 2.24) is 19.7 Å². The molecule has 2 aromatic carbocycles. The van der Waals surface area contributed by atoms with Crippen LogP contribution in [0.1, 0.15) is 35.8 Å². The molecule has 13 heteroatoms. The molecule has 0 saturated carbocycles. The Morgan fingerprint density at radius 2 is 1.77 bits per heavy atom. The average Bonchev–Trinajstić information content (AvgIpc) is 2.96. The Labute approximate surface area is 250 Å². The zero-order valence-corrected chi connectivity index (χ0v) is 24.0. The van der Waals surface area contributed by atoms with E-state index in [2.05, 4.69) is 27.6 Å². The number of amides is 3. The normalized spacial score (nSPS) is 13.5. The number of anilines is 2. The number of aryl methyl sites for hydroxylation is 1. The number of ether oxygens (including phenoxy) is 1. The SMILES string of the molecule is Cc1cc(=O)n(-c2cc(Cl)ccc2F)nc1C(=O)Nc1ccc(Oc2ccnc(NC(=O)N3CCC(C)CC3)c2)c(F)c1. The molecule has 43 heavy (non-hydrogen) atoms. The van der Waals surface area contributed by atoms with Gasteiger partial charge in [0.2, 0.25) is 0 Å². The molecule has 0 spiro atoms. The van der Waals surface area contributed by atoms with Crippen molar-refractivity contribution in [3.05, 3.63) is 99.1 Å². The van der Waals surface area contributed by atoms with Crippen molar-refractivity contribution < 1.29 is 23.1 Å². The van der Waals surface area contributed by atoms with Gasteiger partial charge >= 0.3 is 6.03 Å². The van der Waals surface area contributed by atoms with Gasteiger partial charge in [0, 0.05) is 48.2 Å². The lowest BCUT2D eigenvalue weighted by Crippen LogP contribution is -2.40. The number of likely N-dealkylation sites (tertiary alicyclic amines) is 1. The molecule has 1 saturated heterocycles. The number of pyridine rings is 1. The van der Waals surface area contributed by atoms with Crippen LogP contribution in [-0.2, 0) is 0 Å². The van der Waals surface area contributed by atoms with Gasteiger partial charge in [-0.1, -0.05) is 18.5 Å². The van der Waals surface area contributed by atoms with E-state index in [1.807, 2.05) is 0 Å². The summed E-state index contributed by atoms with van der Waals surface area (Å²) in [6, 6.07) is 11.3. The highest BCUT2D eigenvalue weighted by atomic mass is 35.5. The molecule has 1 aliphatic rings. The number of aromatic nitrogens is 3. The third kappa shape index (κ3) is 6.97. The van der Waals surface area contributed by atoms with Gasteiger partial charge in [0.1, 0.15) is 23.1 Å². The summed E-state index contributed by atoms with van der Waals surface area (Å²) in [5.41, 5.74) is -0.745. The number of rotatable bonds is 6. The van der Waals surface area contributed by atoms with Crippen molar-refractivity contribution in [2.75, 3.05) is 23.7 Å². The van der Waals surface area contributed by atoms with Gasteiger partial charge in [-0.25, -0.2) is 18.6 Å². The molecule has 4 aromatic rings. The maximum Gasteiger partial charge on any atom is 0.323 e. The third-order valence-electron chi connectivity index (χ3n) is 6.93. The zero-order chi connectivity index (χ0) is 30.7. The fourth-order valence-electron chi connectivity index (χ4n) is 4.51. The number of benzene rings is 2. The van der Waals surface area contributed by atoms with Crippen LogP contribution >= 0.6 is 11.6 Å². The largest absolute Gasteiger partial charge is 0.454 e. The van der Waals surface area contributed by atoms with Crippen LogP contribution in [0.3, 0.4) is 0 Å². The molecule has 0 bridgehead atoms. The molecule has 1 fully saturated rings. The first-order chi connectivity index (χ1) is 20.6. The zero-order valence-electron chi connectivity index (χ0n) is 23.2. The predicted molar refractivity (Wildman–Crippen MR) is 157 cm³/mol. The van der Waals surface area contributed by atoms with Crippen molar-refractivity contribution in [2.24, 2.45) is 5.92 Å². The van der Waals surface area contributed by atoms with Crippen LogP contribution in [-0.4, -0.2) is 44.7 Å². The minimum Gasteiger partial charge on any atom is -0.454 e. The number of nitrogens with zero attached hydrogens (tertiary/aromatic N) is 4. The molecular weight excluding hydrogens is 582 g/mol. The van der Waals surface area contributed by atoms with Crippen molar-refractivity contribution in [2.45, 2.75) is 26.7 Å². The van der Waals surface area contributed by atoms with Crippen LogP contribution in [0.5, 0.6) is 11.5 Å². The van der Waals surface area contributed by atoms with Crippen molar-refractivity contribution >= 4 is 35.0 Å². The summed E-state index contributed by atoms with van der Waals surface area (Å²) >= 11 is 5.94. The Kier molecular flexibility index (Phi) is 8.67. The van der Waals surface area contributed by atoms with E-state index in [1.165, 1.54) is 49.5 Å². The lowest BCUT2D eigenvalue weighted by Gasteiger charge is -2.30. The van der Waals surface area contributed by atoms with Crippen LogP contribution in [0, 0.1) is 24.5 Å². The molecule has 2 N–H and O–H groups in total. The number of piperidine rings is 1. The Morgan fingerprint density at radius 1 is 1.00 bits per heavy atom. The monoisotopic (exact) mass is 608 g/mol. The first kappa shape index (κ1) is 29.6. The average molecular weight is 609 g/mol. The number of hydrogen-bond acceptors (Lipinski definition) is 6. The third-order valence-corrected chi connectivity index (χ3v) is 7.16. The molecule has 2 aromatic heterocycles. The first-order valence-corrected chi connectivity index (χ1v) is 13.8. The molecule has 0 unspecified atom stereocenters. The smallest absolute Gasteiger partial charge is 0.323 e. The molecule has 3 amide bonds. The second-order valence-corrected chi connectivity index (χ2v) is 10.6. The van der Waals surface area contributed by atoms with Gasteiger partial charge in [-0.15, -0.1) is 0 Å². The van der Waals surface area contributed by atoms with Gasteiger partial charge in [-0.3, -0.25) is 14.9 Å². The number of urea groups is 1. The Hall–Kier alpha value is -4.84. The summed E-state index contributed by atoms with van der Waals surface area (Å²) in [5.74, 6) is -1.34. The van der Waals surface area contributed by atoms with E-state index in [1.54, 1.807) is 4.90 Å². The van der Waals surface area contributed by atoms with Gasteiger partial charge in [-0.05, 0) is 67.6 Å². The molecule has 0 radical (unpaired) electrons. The van der Waals surface area contributed by atoms with E-state index in [4.69, 9.17) is 16.3 Å². The fourth-order valence-corrected chi connectivity index (χ4v) is 4.68. The Bertz CT molecular complexity index is 1760. The molecule has 1 aliphatic heterocycles. The highest BCUT2D eigenvalue weighted by molar-refractivity contribution is 6.30. The van der Waals surface area contributed by atoms with Gasteiger partial charge in [-0.2, -0.15) is 9.78 Å². The first-order valence-electron chi connectivity index (χ1n) is 13.4. The quantitative estimate of drug-likeness (QED) is 0.270. The molecule has 0 aliphatic carbocycles. The second kappa shape index (κ2) is 12.6. The van der Waals surface area contributed by atoms with E-state index in [9.17, 15) is 23.2 Å². The Morgan fingerprint density at radius 3 is 2.51 bits per heavy atom. The summed E-state index contributed by atoms with van der Waals surface area (Å²) in [5, 5.41) is 9.48. The Balaban J connectivity index is 1.28. The number of carbonyl (C=O) groups excluding carboxylic acids is 2. The molecule has 3 heterocycles. The lowest BCUT2D eigenvalue weighted by molar-refractivity contribution is 0.101. The van der Waals surface area contributed by atoms with E-state index in [0.29, 0.717) is 19.0 Å². The van der Waals surface area contributed by atoms with E-state index >= 15 is 0 Å². The van der Waals surface area contributed by atoms with Gasteiger partial charge in [0.15, 0.2) is 17.3 Å². The molecular formula is C30H27ClF2N6O4. The molecule has 10 nitrogen and oxygen atoms in total. The maximum absolute atomic E-state index is 15.0. The van der Waals surface area contributed by atoms with E-state index < -0.39 is 23.1 Å². The summed E-state index contributed by atoms with van der Waals surface area (Å²) in [7, 11) is 0. The minimum atomic E-state index is -0.779. The van der Waals surface area contributed by atoms with Crippen LogP contribution < -0.4 is 20.9 Å². The summed E-state index contributed by atoms with van der Waals surface area (Å²) < 4.78 is 35.8. The van der Waals surface area contributed by atoms with Crippen molar-refractivity contribution in [3.8, 4) is 17.2 Å².